The summed E-state index contributed by atoms with van der Waals surface area (Å²) >= 11 is 2.84. The predicted octanol–water partition coefficient (Wildman–Crippen LogP) is 4.58. The van der Waals surface area contributed by atoms with Gasteiger partial charge in [0.1, 0.15) is 5.75 Å². The Labute approximate surface area is 178 Å². The molecule has 0 bridgehead atoms. The van der Waals surface area contributed by atoms with Crippen LogP contribution >= 0.6 is 23.1 Å². The summed E-state index contributed by atoms with van der Waals surface area (Å²) in [5.41, 5.74) is 3.50. The van der Waals surface area contributed by atoms with Crippen molar-refractivity contribution in [3.63, 3.8) is 0 Å². The summed E-state index contributed by atoms with van der Waals surface area (Å²) in [5, 5.41) is 15.4. The molecule has 1 aliphatic rings. The third-order valence-corrected chi connectivity index (χ3v) is 6.75. The Morgan fingerprint density at radius 3 is 2.86 bits per heavy atom. The maximum atomic E-state index is 12.4. The number of nitrogens with one attached hydrogen (secondary N) is 2. The van der Waals surface area contributed by atoms with Gasteiger partial charge < -0.3 is 15.4 Å². The molecular formula is C21H22N4O2S2. The van der Waals surface area contributed by atoms with Crippen LogP contribution in [0.5, 0.6) is 5.75 Å². The number of amides is 1. The van der Waals surface area contributed by atoms with E-state index < -0.39 is 0 Å². The molecule has 1 aliphatic carbocycles. The van der Waals surface area contributed by atoms with Gasteiger partial charge in [-0.15, -0.1) is 10.2 Å². The molecule has 0 saturated carbocycles. The van der Waals surface area contributed by atoms with Crippen LogP contribution in [0.15, 0.2) is 52.9 Å². The number of benzene rings is 2. The molecule has 2 N–H and O–H groups in total. The smallest absolute Gasteiger partial charge is 0.230 e. The van der Waals surface area contributed by atoms with Crippen LogP contribution in [0.25, 0.3) is 0 Å². The number of ether oxygens (including phenoxy) is 1. The lowest BCUT2D eigenvalue weighted by atomic mass is 9.88. The van der Waals surface area contributed by atoms with E-state index >= 15 is 0 Å². The van der Waals surface area contributed by atoms with Gasteiger partial charge in [0.15, 0.2) is 4.34 Å². The molecule has 0 spiro atoms. The third-order valence-electron chi connectivity index (χ3n) is 4.78. The summed E-state index contributed by atoms with van der Waals surface area (Å²) in [6, 6.07) is 16.1. The van der Waals surface area contributed by atoms with Gasteiger partial charge in [0, 0.05) is 5.69 Å². The summed E-state index contributed by atoms with van der Waals surface area (Å²) in [6.07, 6.45) is 3.18. The van der Waals surface area contributed by atoms with E-state index in [4.69, 9.17) is 4.74 Å². The van der Waals surface area contributed by atoms with Gasteiger partial charge in [-0.3, -0.25) is 4.79 Å². The fraction of sp³-hybridized carbons (Fsp3) is 0.286. The van der Waals surface area contributed by atoms with E-state index in [1.165, 1.54) is 34.2 Å². The zero-order valence-electron chi connectivity index (χ0n) is 16.1. The van der Waals surface area contributed by atoms with Crippen molar-refractivity contribution < 1.29 is 9.53 Å². The standard InChI is InChI=1S/C21H22N4O2S2/c1-27-16-11-9-15(10-12-16)22-20-24-25-21(29-20)28-13-19(26)23-18-8-4-6-14-5-2-3-7-17(14)18/h2-3,5,7,9-12,18H,4,6,8,13H2,1H3,(H,22,24)(H,23,26). The summed E-state index contributed by atoms with van der Waals surface area (Å²) in [4.78, 5) is 12.4. The number of nitrogens with zero attached hydrogens (tertiary/aromatic N) is 2. The van der Waals surface area contributed by atoms with Crippen LogP contribution in [0.1, 0.15) is 30.0 Å². The maximum absolute atomic E-state index is 12.4. The number of thioether (sulfide) groups is 1. The lowest BCUT2D eigenvalue weighted by Crippen LogP contribution is -2.32. The molecule has 0 fully saturated rings. The van der Waals surface area contributed by atoms with Crippen LogP contribution < -0.4 is 15.4 Å². The molecule has 29 heavy (non-hydrogen) atoms. The Morgan fingerprint density at radius 1 is 1.21 bits per heavy atom. The summed E-state index contributed by atoms with van der Waals surface area (Å²) in [7, 11) is 1.64. The van der Waals surface area contributed by atoms with Crippen LogP contribution in [-0.2, 0) is 11.2 Å². The number of hydrogen-bond donors (Lipinski definition) is 2. The number of aromatic nitrogens is 2. The van der Waals surface area contributed by atoms with E-state index in [-0.39, 0.29) is 11.9 Å². The fourth-order valence-corrected chi connectivity index (χ4v) is 4.97. The average molecular weight is 427 g/mol. The average Bonchev–Trinajstić information content (AvgIpc) is 3.20. The molecule has 0 radical (unpaired) electrons. The van der Waals surface area contributed by atoms with Crippen LogP contribution in [0, 0.1) is 0 Å². The fourth-order valence-electron chi connectivity index (χ4n) is 3.38. The van der Waals surface area contributed by atoms with Crippen LogP contribution in [0.3, 0.4) is 0 Å². The first-order chi connectivity index (χ1) is 14.2. The van der Waals surface area contributed by atoms with Gasteiger partial charge in [-0.1, -0.05) is 47.4 Å². The van der Waals surface area contributed by atoms with Crippen molar-refractivity contribution in [1.29, 1.82) is 0 Å². The lowest BCUT2D eigenvalue weighted by molar-refractivity contribution is -0.119. The van der Waals surface area contributed by atoms with E-state index in [9.17, 15) is 4.79 Å². The molecular weight excluding hydrogens is 404 g/mol. The molecule has 3 aromatic rings. The van der Waals surface area contributed by atoms with Gasteiger partial charge in [0.2, 0.25) is 11.0 Å². The zero-order chi connectivity index (χ0) is 20.1. The Balaban J connectivity index is 1.29. The SMILES string of the molecule is COc1ccc(Nc2nnc(SCC(=O)NC3CCCc4ccccc43)s2)cc1. The number of carbonyl (C=O) groups is 1. The number of fused-ring (bicyclic) bond motifs is 1. The Morgan fingerprint density at radius 2 is 2.03 bits per heavy atom. The molecule has 0 aliphatic heterocycles. The molecule has 1 atom stereocenters. The normalized spacial score (nSPS) is 15.4. The second kappa shape index (κ2) is 9.28. The minimum Gasteiger partial charge on any atom is -0.497 e. The Kier molecular flexibility index (Phi) is 6.31. The summed E-state index contributed by atoms with van der Waals surface area (Å²) in [5.74, 6) is 1.16. The number of carbonyl (C=O) groups excluding carboxylic acids is 1. The molecule has 1 aromatic heterocycles. The van der Waals surface area contributed by atoms with E-state index in [2.05, 4.69) is 39.0 Å². The van der Waals surface area contributed by atoms with Crippen molar-refractivity contribution in [2.45, 2.75) is 29.6 Å². The quantitative estimate of drug-likeness (QED) is 0.539. The molecule has 1 heterocycles. The summed E-state index contributed by atoms with van der Waals surface area (Å²) in [6.45, 7) is 0. The number of methoxy groups -OCH3 is 1. The molecule has 4 rings (SSSR count). The van der Waals surface area contributed by atoms with Crippen LogP contribution in [0.2, 0.25) is 0 Å². The maximum Gasteiger partial charge on any atom is 0.230 e. The zero-order valence-corrected chi connectivity index (χ0v) is 17.7. The molecule has 1 amide bonds. The topological polar surface area (TPSA) is 76.1 Å². The van der Waals surface area contributed by atoms with Gasteiger partial charge in [0.05, 0.1) is 18.9 Å². The highest BCUT2D eigenvalue weighted by atomic mass is 32.2. The highest BCUT2D eigenvalue weighted by Gasteiger charge is 2.21. The van der Waals surface area contributed by atoms with Gasteiger partial charge >= 0.3 is 0 Å². The third kappa shape index (κ3) is 5.07. The second-order valence-electron chi connectivity index (χ2n) is 6.73. The van der Waals surface area contributed by atoms with Gasteiger partial charge in [-0.25, -0.2) is 0 Å². The highest BCUT2D eigenvalue weighted by molar-refractivity contribution is 8.01. The molecule has 2 aromatic carbocycles. The van der Waals surface area contributed by atoms with Crippen molar-refractivity contribution in [2.24, 2.45) is 0 Å². The monoisotopic (exact) mass is 426 g/mol. The van der Waals surface area contributed by atoms with Crippen molar-refractivity contribution in [3.05, 3.63) is 59.7 Å². The molecule has 0 saturated heterocycles. The van der Waals surface area contributed by atoms with Crippen molar-refractivity contribution in [1.82, 2.24) is 15.5 Å². The second-order valence-corrected chi connectivity index (χ2v) is 8.93. The van der Waals surface area contributed by atoms with E-state index in [1.807, 2.05) is 30.3 Å². The first-order valence-corrected chi connectivity index (χ1v) is 11.3. The van der Waals surface area contributed by atoms with Crippen molar-refractivity contribution in [3.8, 4) is 5.75 Å². The predicted molar refractivity (Wildman–Crippen MR) is 117 cm³/mol. The van der Waals surface area contributed by atoms with Crippen LogP contribution in [0.4, 0.5) is 10.8 Å². The molecule has 8 heteroatoms. The molecule has 6 nitrogen and oxygen atoms in total. The largest absolute Gasteiger partial charge is 0.497 e. The first kappa shape index (κ1) is 19.7. The Bertz CT molecular complexity index is 975. The Hall–Kier alpha value is -2.58. The molecule has 150 valence electrons. The highest BCUT2D eigenvalue weighted by Crippen LogP contribution is 2.31. The van der Waals surface area contributed by atoms with Gasteiger partial charge in [0.25, 0.3) is 0 Å². The van der Waals surface area contributed by atoms with E-state index in [0.29, 0.717) is 10.9 Å². The number of hydrogen-bond acceptors (Lipinski definition) is 7. The van der Waals surface area contributed by atoms with Gasteiger partial charge in [-0.05, 0) is 54.7 Å². The van der Waals surface area contributed by atoms with Crippen LogP contribution in [-0.4, -0.2) is 29.0 Å². The van der Waals surface area contributed by atoms with Crippen molar-refractivity contribution in [2.75, 3.05) is 18.2 Å². The molecule has 1 unspecified atom stereocenters. The van der Waals surface area contributed by atoms with E-state index in [1.54, 1.807) is 7.11 Å². The minimum atomic E-state index is 0.0246. The van der Waals surface area contributed by atoms with E-state index in [0.717, 1.165) is 35.0 Å². The minimum absolute atomic E-state index is 0.0246. The summed E-state index contributed by atoms with van der Waals surface area (Å²) < 4.78 is 5.92. The number of anilines is 2. The van der Waals surface area contributed by atoms with Crippen molar-refractivity contribution >= 4 is 39.8 Å². The lowest BCUT2D eigenvalue weighted by Gasteiger charge is -2.26. The first-order valence-electron chi connectivity index (χ1n) is 9.46. The van der Waals surface area contributed by atoms with Gasteiger partial charge in [-0.2, -0.15) is 0 Å². The number of aryl methyl sites for hydroxylation is 1. The number of rotatable bonds is 7.